The predicted octanol–water partition coefficient (Wildman–Crippen LogP) is 8.57. The van der Waals surface area contributed by atoms with Crippen molar-refractivity contribution >= 4 is 17.1 Å². The van der Waals surface area contributed by atoms with Crippen molar-refractivity contribution in [1.82, 2.24) is 0 Å². The number of anilines is 3. The SMILES string of the molecule is Nc1ccc(-c2ccc(Nc3c(F)cc(-c4ccc(F)cc4)cc3F)cc2)c(-c2ccc(F)cc2)c1. The van der Waals surface area contributed by atoms with Crippen LogP contribution in [0.25, 0.3) is 33.4 Å². The smallest absolute Gasteiger partial charge is 0.150 e. The van der Waals surface area contributed by atoms with Crippen molar-refractivity contribution in [3.63, 3.8) is 0 Å². The first-order valence-corrected chi connectivity index (χ1v) is 11.2. The van der Waals surface area contributed by atoms with Crippen molar-refractivity contribution in [1.29, 1.82) is 0 Å². The molecule has 3 N–H and O–H groups in total. The van der Waals surface area contributed by atoms with Crippen LogP contribution in [-0.4, -0.2) is 0 Å². The van der Waals surface area contributed by atoms with Crippen LogP contribution < -0.4 is 11.1 Å². The van der Waals surface area contributed by atoms with Gasteiger partial charge in [-0.3, -0.25) is 0 Å². The lowest BCUT2D eigenvalue weighted by Crippen LogP contribution is -1.98. The van der Waals surface area contributed by atoms with Crippen LogP contribution in [0, 0.1) is 23.3 Å². The summed E-state index contributed by atoms with van der Waals surface area (Å²) in [5.74, 6) is -2.29. The van der Waals surface area contributed by atoms with E-state index >= 15 is 0 Å². The average Bonchev–Trinajstić information content (AvgIpc) is 2.87. The monoisotopic (exact) mass is 484 g/mol. The van der Waals surface area contributed by atoms with Gasteiger partial charge < -0.3 is 11.1 Å². The fraction of sp³-hybridized carbons (Fsp3) is 0. The lowest BCUT2D eigenvalue weighted by Gasteiger charge is -2.14. The average molecular weight is 484 g/mol. The van der Waals surface area contributed by atoms with E-state index in [0.717, 1.165) is 22.3 Å². The van der Waals surface area contributed by atoms with E-state index < -0.39 is 17.5 Å². The number of nitrogens with two attached hydrogens (primary N) is 1. The van der Waals surface area contributed by atoms with Gasteiger partial charge in [-0.05, 0) is 94.0 Å². The van der Waals surface area contributed by atoms with Crippen LogP contribution in [0.1, 0.15) is 0 Å². The van der Waals surface area contributed by atoms with Gasteiger partial charge in [0.2, 0.25) is 0 Å². The van der Waals surface area contributed by atoms with E-state index in [1.165, 1.54) is 48.5 Å². The molecule has 178 valence electrons. The third-order valence-electron chi connectivity index (χ3n) is 5.88. The number of nitrogens with one attached hydrogen (secondary N) is 1. The van der Waals surface area contributed by atoms with Gasteiger partial charge in [0.1, 0.15) is 29.0 Å². The Labute approximate surface area is 205 Å². The predicted molar refractivity (Wildman–Crippen MR) is 137 cm³/mol. The molecule has 0 saturated carbocycles. The normalized spacial score (nSPS) is 10.9. The molecule has 0 aliphatic rings. The van der Waals surface area contributed by atoms with Gasteiger partial charge in [0.05, 0.1) is 0 Å². The van der Waals surface area contributed by atoms with Crippen molar-refractivity contribution in [3.8, 4) is 33.4 Å². The van der Waals surface area contributed by atoms with Gasteiger partial charge >= 0.3 is 0 Å². The van der Waals surface area contributed by atoms with Gasteiger partial charge in [-0.2, -0.15) is 0 Å². The second kappa shape index (κ2) is 9.58. The topological polar surface area (TPSA) is 38.0 Å². The Morgan fingerprint density at radius 2 is 0.972 bits per heavy atom. The molecule has 0 amide bonds. The van der Waals surface area contributed by atoms with E-state index in [0.29, 0.717) is 22.5 Å². The molecule has 0 radical (unpaired) electrons. The molecule has 0 spiro atoms. The lowest BCUT2D eigenvalue weighted by molar-refractivity contribution is 0.591. The maximum Gasteiger partial charge on any atom is 0.150 e. The maximum absolute atomic E-state index is 14.8. The summed E-state index contributed by atoms with van der Waals surface area (Å²) in [6.45, 7) is 0. The van der Waals surface area contributed by atoms with E-state index in [1.54, 1.807) is 30.3 Å². The number of benzene rings is 5. The van der Waals surface area contributed by atoms with Crippen LogP contribution in [0.15, 0.2) is 103 Å². The summed E-state index contributed by atoms with van der Waals surface area (Å²) < 4.78 is 56.2. The van der Waals surface area contributed by atoms with Crippen molar-refractivity contribution in [2.45, 2.75) is 0 Å². The van der Waals surface area contributed by atoms with Gasteiger partial charge in [0.15, 0.2) is 0 Å². The summed E-state index contributed by atoms with van der Waals surface area (Å²) in [7, 11) is 0. The first kappa shape index (κ1) is 23.2. The molecule has 0 aliphatic heterocycles. The minimum Gasteiger partial charge on any atom is -0.399 e. The summed E-state index contributed by atoms with van der Waals surface area (Å²) in [6.07, 6.45) is 0. The quantitative estimate of drug-likeness (QED) is 0.194. The van der Waals surface area contributed by atoms with Crippen molar-refractivity contribution in [2.75, 3.05) is 11.1 Å². The molecule has 6 heteroatoms. The summed E-state index contributed by atoms with van der Waals surface area (Å²) in [6, 6.07) is 26.5. The second-order valence-corrected chi connectivity index (χ2v) is 8.34. The zero-order valence-electron chi connectivity index (χ0n) is 18.9. The molecule has 0 aliphatic carbocycles. The van der Waals surface area contributed by atoms with E-state index in [9.17, 15) is 17.6 Å². The number of rotatable bonds is 5. The minimum atomic E-state index is -0.768. The Bertz CT molecular complexity index is 1500. The van der Waals surface area contributed by atoms with Gasteiger partial charge in [0, 0.05) is 11.4 Å². The molecule has 0 bridgehead atoms. The molecular formula is C30H20F4N2. The Morgan fingerprint density at radius 1 is 0.472 bits per heavy atom. The van der Waals surface area contributed by atoms with Gasteiger partial charge in [-0.25, -0.2) is 17.6 Å². The Hall–Kier alpha value is -4.58. The highest BCUT2D eigenvalue weighted by atomic mass is 19.1. The van der Waals surface area contributed by atoms with Crippen LogP contribution in [0.5, 0.6) is 0 Å². The molecular weight excluding hydrogens is 464 g/mol. The van der Waals surface area contributed by atoms with Crippen LogP contribution in [0.4, 0.5) is 34.6 Å². The number of halogens is 4. The van der Waals surface area contributed by atoms with E-state index in [2.05, 4.69) is 5.32 Å². The van der Waals surface area contributed by atoms with E-state index in [4.69, 9.17) is 5.73 Å². The Morgan fingerprint density at radius 3 is 1.56 bits per heavy atom. The third-order valence-corrected chi connectivity index (χ3v) is 5.88. The molecule has 5 aromatic rings. The van der Waals surface area contributed by atoms with Crippen LogP contribution >= 0.6 is 0 Å². The van der Waals surface area contributed by atoms with E-state index in [-0.39, 0.29) is 11.5 Å². The zero-order valence-corrected chi connectivity index (χ0v) is 18.9. The Kier molecular flexibility index (Phi) is 6.17. The van der Waals surface area contributed by atoms with E-state index in [1.807, 2.05) is 24.3 Å². The van der Waals surface area contributed by atoms with Gasteiger partial charge in [-0.15, -0.1) is 0 Å². The number of nitrogen functional groups attached to an aromatic ring is 1. The Balaban J connectivity index is 1.42. The summed E-state index contributed by atoms with van der Waals surface area (Å²) in [4.78, 5) is 0. The molecule has 5 aromatic carbocycles. The van der Waals surface area contributed by atoms with Gasteiger partial charge in [0.25, 0.3) is 0 Å². The van der Waals surface area contributed by atoms with Crippen molar-refractivity contribution < 1.29 is 17.6 Å². The fourth-order valence-corrected chi connectivity index (χ4v) is 4.06. The molecule has 2 nitrogen and oxygen atoms in total. The standard InChI is InChI=1S/C30H20F4N2/c31-22-7-1-18(2-8-22)21-15-28(33)30(29(34)16-21)36-25-12-5-19(6-13-25)26-14-11-24(35)17-27(26)20-3-9-23(32)10-4-20/h1-17,36H,35H2. The molecule has 0 heterocycles. The molecule has 5 rings (SSSR count). The third kappa shape index (κ3) is 4.79. The van der Waals surface area contributed by atoms with Crippen LogP contribution in [0.2, 0.25) is 0 Å². The lowest BCUT2D eigenvalue weighted by atomic mass is 9.94. The fourth-order valence-electron chi connectivity index (χ4n) is 4.06. The molecule has 0 unspecified atom stereocenters. The van der Waals surface area contributed by atoms with Crippen molar-refractivity contribution in [3.05, 3.63) is 126 Å². The highest BCUT2D eigenvalue weighted by Crippen LogP contribution is 2.35. The molecule has 0 aromatic heterocycles. The number of hydrogen-bond donors (Lipinski definition) is 2. The summed E-state index contributed by atoms with van der Waals surface area (Å²) in [5.41, 5.74) is 11.0. The van der Waals surface area contributed by atoms with Crippen LogP contribution in [0.3, 0.4) is 0 Å². The molecule has 0 fully saturated rings. The van der Waals surface area contributed by atoms with Crippen LogP contribution in [-0.2, 0) is 0 Å². The van der Waals surface area contributed by atoms with Gasteiger partial charge in [-0.1, -0.05) is 42.5 Å². The zero-order chi connectivity index (χ0) is 25.2. The first-order chi connectivity index (χ1) is 17.4. The highest BCUT2D eigenvalue weighted by molar-refractivity contribution is 5.86. The summed E-state index contributed by atoms with van der Waals surface area (Å²) >= 11 is 0. The molecule has 0 saturated heterocycles. The summed E-state index contributed by atoms with van der Waals surface area (Å²) in [5, 5.41) is 2.80. The second-order valence-electron chi connectivity index (χ2n) is 8.34. The van der Waals surface area contributed by atoms with Crippen molar-refractivity contribution in [2.24, 2.45) is 0 Å². The largest absolute Gasteiger partial charge is 0.399 e. The number of hydrogen-bond acceptors (Lipinski definition) is 2. The molecule has 36 heavy (non-hydrogen) atoms. The maximum atomic E-state index is 14.8. The minimum absolute atomic E-state index is 0.284. The first-order valence-electron chi connectivity index (χ1n) is 11.2. The molecule has 0 atom stereocenters. The highest BCUT2D eigenvalue weighted by Gasteiger charge is 2.14.